The van der Waals surface area contributed by atoms with E-state index in [0.717, 1.165) is 12.1 Å². The van der Waals surface area contributed by atoms with Gasteiger partial charge in [0.2, 0.25) is 0 Å². The van der Waals surface area contributed by atoms with Crippen LogP contribution in [0, 0.1) is 6.92 Å². The standard InChI is InChI=1S/C9H12BrN/c1-3-8(10)6-9-5-4-7(2)11-9/h4-6,11H,3H2,1-2H3/b8-6+. The van der Waals surface area contributed by atoms with Crippen molar-refractivity contribution < 1.29 is 0 Å². The molecule has 0 spiro atoms. The van der Waals surface area contributed by atoms with Gasteiger partial charge in [-0.05, 0) is 36.0 Å². The van der Waals surface area contributed by atoms with Gasteiger partial charge in [-0.1, -0.05) is 22.9 Å². The molecule has 0 bridgehead atoms. The van der Waals surface area contributed by atoms with Gasteiger partial charge >= 0.3 is 0 Å². The maximum absolute atomic E-state index is 3.46. The molecule has 1 N–H and O–H groups in total. The van der Waals surface area contributed by atoms with E-state index < -0.39 is 0 Å². The lowest BCUT2D eigenvalue weighted by Crippen LogP contribution is -1.73. The second-order valence-corrected chi connectivity index (χ2v) is 3.56. The summed E-state index contributed by atoms with van der Waals surface area (Å²) in [7, 11) is 0. The van der Waals surface area contributed by atoms with Gasteiger partial charge in [0.05, 0.1) is 0 Å². The lowest BCUT2D eigenvalue weighted by atomic mass is 10.3. The molecule has 0 unspecified atom stereocenters. The molecule has 60 valence electrons. The number of halogens is 1. The minimum absolute atomic E-state index is 1.04. The normalized spacial score (nSPS) is 12.1. The minimum Gasteiger partial charge on any atom is -0.359 e. The van der Waals surface area contributed by atoms with E-state index in [0.29, 0.717) is 0 Å². The largest absolute Gasteiger partial charge is 0.359 e. The van der Waals surface area contributed by atoms with Crippen molar-refractivity contribution in [2.24, 2.45) is 0 Å². The summed E-state index contributed by atoms with van der Waals surface area (Å²) in [6.45, 7) is 4.17. The Balaban J connectivity index is 2.78. The van der Waals surface area contributed by atoms with E-state index in [1.54, 1.807) is 0 Å². The summed E-state index contributed by atoms with van der Waals surface area (Å²) in [4.78, 5) is 3.23. The van der Waals surface area contributed by atoms with Gasteiger partial charge in [0, 0.05) is 11.4 Å². The first kappa shape index (κ1) is 8.60. The number of hydrogen-bond acceptors (Lipinski definition) is 0. The Morgan fingerprint density at radius 1 is 1.64 bits per heavy atom. The molecular weight excluding hydrogens is 202 g/mol. The Morgan fingerprint density at radius 2 is 2.36 bits per heavy atom. The van der Waals surface area contributed by atoms with Crippen LogP contribution in [0.25, 0.3) is 6.08 Å². The van der Waals surface area contributed by atoms with Crippen LogP contribution in [0.1, 0.15) is 24.7 Å². The van der Waals surface area contributed by atoms with Crippen LogP contribution in [-0.4, -0.2) is 4.98 Å². The monoisotopic (exact) mass is 213 g/mol. The molecule has 0 saturated heterocycles. The lowest BCUT2D eigenvalue weighted by molar-refractivity contribution is 1.20. The third-order valence-corrected chi connectivity index (χ3v) is 2.29. The highest BCUT2D eigenvalue weighted by atomic mass is 79.9. The number of aryl methyl sites for hydroxylation is 1. The second-order valence-electron chi connectivity index (χ2n) is 2.54. The number of aromatic amines is 1. The van der Waals surface area contributed by atoms with Gasteiger partial charge < -0.3 is 4.98 Å². The van der Waals surface area contributed by atoms with Crippen LogP contribution in [0.5, 0.6) is 0 Å². The van der Waals surface area contributed by atoms with E-state index in [2.05, 4.69) is 53.0 Å². The van der Waals surface area contributed by atoms with Crippen LogP contribution in [-0.2, 0) is 0 Å². The molecule has 0 aromatic carbocycles. The maximum atomic E-state index is 3.46. The molecule has 1 heterocycles. The molecule has 2 heteroatoms. The fourth-order valence-corrected chi connectivity index (χ4v) is 1.13. The van der Waals surface area contributed by atoms with Crippen LogP contribution in [0.3, 0.4) is 0 Å². The number of rotatable bonds is 2. The summed E-state index contributed by atoms with van der Waals surface area (Å²) < 4.78 is 1.22. The molecule has 1 aromatic rings. The van der Waals surface area contributed by atoms with Crippen molar-refractivity contribution in [1.82, 2.24) is 4.98 Å². The van der Waals surface area contributed by atoms with Crippen molar-refractivity contribution in [3.8, 4) is 0 Å². The Bertz CT molecular complexity index is 260. The lowest BCUT2D eigenvalue weighted by Gasteiger charge is -1.90. The van der Waals surface area contributed by atoms with E-state index in [1.807, 2.05) is 0 Å². The number of allylic oxidation sites excluding steroid dienone is 1. The average molecular weight is 214 g/mol. The van der Waals surface area contributed by atoms with Crippen molar-refractivity contribution >= 4 is 22.0 Å². The zero-order chi connectivity index (χ0) is 8.27. The third-order valence-electron chi connectivity index (χ3n) is 1.50. The molecule has 0 amide bonds. The predicted molar refractivity (Wildman–Crippen MR) is 52.7 cm³/mol. The van der Waals surface area contributed by atoms with Gasteiger partial charge in [-0.2, -0.15) is 0 Å². The SMILES string of the molecule is CC/C(Br)=C\c1ccc(C)[nH]1. The summed E-state index contributed by atoms with van der Waals surface area (Å²) >= 11 is 3.46. The van der Waals surface area contributed by atoms with Crippen molar-refractivity contribution in [3.05, 3.63) is 28.0 Å². The van der Waals surface area contributed by atoms with Gasteiger partial charge in [-0.3, -0.25) is 0 Å². The van der Waals surface area contributed by atoms with Crippen LogP contribution >= 0.6 is 15.9 Å². The summed E-state index contributed by atoms with van der Waals surface area (Å²) in [5, 5.41) is 0. The molecule has 1 rings (SSSR count). The molecule has 0 aliphatic rings. The summed E-state index contributed by atoms with van der Waals surface area (Å²) in [5.74, 6) is 0. The first-order valence-electron chi connectivity index (χ1n) is 3.74. The van der Waals surface area contributed by atoms with Gasteiger partial charge in [0.1, 0.15) is 0 Å². The topological polar surface area (TPSA) is 15.8 Å². The average Bonchev–Trinajstić information content (AvgIpc) is 2.35. The Morgan fingerprint density at radius 3 is 2.82 bits per heavy atom. The van der Waals surface area contributed by atoms with Crippen molar-refractivity contribution in [3.63, 3.8) is 0 Å². The maximum Gasteiger partial charge on any atom is 0.0390 e. The fourth-order valence-electron chi connectivity index (χ4n) is 0.881. The van der Waals surface area contributed by atoms with E-state index in [9.17, 15) is 0 Å². The first-order valence-corrected chi connectivity index (χ1v) is 4.53. The van der Waals surface area contributed by atoms with Gasteiger partial charge in [-0.15, -0.1) is 0 Å². The molecule has 0 fully saturated rings. The van der Waals surface area contributed by atoms with Crippen LogP contribution in [0.2, 0.25) is 0 Å². The van der Waals surface area contributed by atoms with Gasteiger partial charge in [0.25, 0.3) is 0 Å². The molecule has 0 aliphatic heterocycles. The summed E-state index contributed by atoms with van der Waals surface area (Å²) in [5.41, 5.74) is 2.36. The van der Waals surface area contributed by atoms with E-state index in [-0.39, 0.29) is 0 Å². The zero-order valence-electron chi connectivity index (χ0n) is 6.82. The van der Waals surface area contributed by atoms with Crippen molar-refractivity contribution in [1.29, 1.82) is 0 Å². The second kappa shape index (κ2) is 3.77. The fraction of sp³-hybridized carbons (Fsp3) is 0.333. The highest BCUT2D eigenvalue weighted by Crippen LogP contribution is 2.14. The molecule has 0 aliphatic carbocycles. The zero-order valence-corrected chi connectivity index (χ0v) is 8.40. The summed E-state index contributed by atoms with van der Waals surface area (Å²) in [6.07, 6.45) is 3.14. The molecule has 1 aromatic heterocycles. The molecule has 0 atom stereocenters. The molecule has 0 saturated carbocycles. The first-order chi connectivity index (χ1) is 5.22. The molecule has 11 heavy (non-hydrogen) atoms. The molecule has 1 nitrogen and oxygen atoms in total. The third kappa shape index (κ3) is 2.54. The van der Waals surface area contributed by atoms with Gasteiger partial charge in [0.15, 0.2) is 0 Å². The quantitative estimate of drug-likeness (QED) is 0.775. The van der Waals surface area contributed by atoms with Crippen molar-refractivity contribution in [2.45, 2.75) is 20.3 Å². The van der Waals surface area contributed by atoms with Crippen LogP contribution in [0.15, 0.2) is 16.6 Å². The van der Waals surface area contributed by atoms with E-state index in [1.165, 1.54) is 10.2 Å². The van der Waals surface area contributed by atoms with Gasteiger partial charge in [-0.25, -0.2) is 0 Å². The minimum atomic E-state index is 1.04. The summed E-state index contributed by atoms with van der Waals surface area (Å²) in [6, 6.07) is 4.15. The van der Waals surface area contributed by atoms with E-state index >= 15 is 0 Å². The Labute approximate surface area is 75.6 Å². The van der Waals surface area contributed by atoms with Crippen LogP contribution < -0.4 is 0 Å². The highest BCUT2D eigenvalue weighted by molar-refractivity contribution is 9.11. The van der Waals surface area contributed by atoms with Crippen molar-refractivity contribution in [2.75, 3.05) is 0 Å². The number of aromatic nitrogens is 1. The number of hydrogen-bond donors (Lipinski definition) is 1. The molecule has 0 radical (unpaired) electrons. The number of H-pyrrole nitrogens is 1. The smallest absolute Gasteiger partial charge is 0.0390 e. The van der Waals surface area contributed by atoms with Crippen LogP contribution in [0.4, 0.5) is 0 Å². The molecular formula is C9H12BrN. The Kier molecular flexibility index (Phi) is 2.94. The predicted octanol–water partition coefficient (Wildman–Crippen LogP) is 3.47. The highest BCUT2D eigenvalue weighted by Gasteiger charge is 1.91. The van der Waals surface area contributed by atoms with E-state index in [4.69, 9.17) is 0 Å². The Hall–Kier alpha value is -0.500. The number of nitrogens with one attached hydrogen (secondary N) is 1.